The number of aromatic nitrogens is 2. The van der Waals surface area contributed by atoms with Crippen LogP contribution in [0.4, 0.5) is 10.1 Å². The number of hydrogen-bond acceptors (Lipinski definition) is 5. The summed E-state index contributed by atoms with van der Waals surface area (Å²) in [4.78, 5) is 35.6. The molecular weight excluding hydrogens is 465 g/mol. The van der Waals surface area contributed by atoms with Gasteiger partial charge in [0.05, 0.1) is 21.7 Å². The highest BCUT2D eigenvalue weighted by atomic mass is 35.5. The average molecular weight is 482 g/mol. The van der Waals surface area contributed by atoms with Crippen LogP contribution in [0.3, 0.4) is 0 Å². The first kappa shape index (κ1) is 22.9. The van der Waals surface area contributed by atoms with E-state index in [0.717, 1.165) is 10.7 Å². The van der Waals surface area contributed by atoms with Crippen molar-refractivity contribution in [2.45, 2.75) is 6.92 Å². The number of carbonyl (C=O) groups excluding carboxylic acids is 1. The normalized spacial score (nSPS) is 10.9. The summed E-state index contributed by atoms with van der Waals surface area (Å²) in [7, 11) is 0. The Balaban J connectivity index is 1.94. The molecule has 3 aromatic carbocycles. The summed E-state index contributed by atoms with van der Waals surface area (Å²) >= 11 is 6.28. The minimum atomic E-state index is -1.28. The fourth-order valence-corrected chi connectivity index (χ4v) is 3.91. The molecule has 0 amide bonds. The molecule has 0 saturated carbocycles. The van der Waals surface area contributed by atoms with Crippen LogP contribution in [-0.4, -0.2) is 44.4 Å². The number of carboxylic acids is 2. The van der Waals surface area contributed by atoms with Crippen LogP contribution in [0.25, 0.3) is 22.2 Å². The second kappa shape index (κ2) is 8.95. The number of rotatable bonds is 6. The van der Waals surface area contributed by atoms with E-state index in [1.54, 1.807) is 37.3 Å². The van der Waals surface area contributed by atoms with Crippen LogP contribution >= 0.6 is 11.6 Å². The summed E-state index contributed by atoms with van der Waals surface area (Å²) in [5, 5.41) is 25.8. The van der Waals surface area contributed by atoms with Crippen LogP contribution in [0.1, 0.15) is 26.3 Å². The van der Waals surface area contributed by atoms with Gasteiger partial charge < -0.3 is 15.5 Å². The Morgan fingerprint density at radius 1 is 1.09 bits per heavy atom. The maximum absolute atomic E-state index is 14.9. The van der Waals surface area contributed by atoms with Gasteiger partial charge in [0.15, 0.2) is 0 Å². The third kappa shape index (κ3) is 4.20. The number of halogens is 2. The molecule has 0 radical (unpaired) electrons. The second-order valence-electron chi connectivity index (χ2n) is 7.48. The smallest absolute Gasteiger partial charge is 0.335 e. The van der Waals surface area contributed by atoms with E-state index in [0.29, 0.717) is 16.6 Å². The van der Waals surface area contributed by atoms with Crippen molar-refractivity contribution < 1.29 is 29.0 Å². The Hall–Kier alpha value is -4.24. The van der Waals surface area contributed by atoms with Crippen molar-refractivity contribution in [1.29, 1.82) is 0 Å². The Labute approximate surface area is 197 Å². The van der Waals surface area contributed by atoms with Gasteiger partial charge in [0, 0.05) is 16.6 Å². The van der Waals surface area contributed by atoms with Crippen molar-refractivity contribution >= 4 is 46.0 Å². The zero-order valence-electron chi connectivity index (χ0n) is 17.7. The van der Waals surface area contributed by atoms with E-state index in [1.807, 2.05) is 0 Å². The summed E-state index contributed by atoms with van der Waals surface area (Å²) in [6.45, 7) is 1.37. The van der Waals surface area contributed by atoms with Crippen LogP contribution in [0, 0.1) is 12.7 Å². The third-order valence-corrected chi connectivity index (χ3v) is 5.54. The lowest BCUT2D eigenvalue weighted by Gasteiger charge is -2.09. The van der Waals surface area contributed by atoms with Crippen LogP contribution in [0.2, 0.25) is 5.02 Å². The molecule has 34 heavy (non-hydrogen) atoms. The highest BCUT2D eigenvalue weighted by Gasteiger charge is 2.23. The molecule has 1 heterocycles. The van der Waals surface area contributed by atoms with Gasteiger partial charge in [-0.25, -0.2) is 9.18 Å². The molecule has 10 heteroatoms. The molecule has 1 aromatic heterocycles. The summed E-state index contributed by atoms with van der Waals surface area (Å²) < 4.78 is 16.0. The number of benzene rings is 3. The van der Waals surface area contributed by atoms with Crippen LogP contribution in [0.5, 0.6) is 0 Å². The monoisotopic (exact) mass is 481 g/mol. The molecule has 3 N–H and O–H groups in total. The lowest BCUT2D eigenvalue weighted by molar-refractivity contribution is -0.134. The molecule has 4 rings (SSSR count). The van der Waals surface area contributed by atoms with Gasteiger partial charge in [0.25, 0.3) is 5.91 Å². The van der Waals surface area contributed by atoms with Gasteiger partial charge in [-0.05, 0) is 55.0 Å². The molecule has 8 nitrogen and oxygen atoms in total. The molecule has 4 aromatic rings. The highest BCUT2D eigenvalue weighted by Crippen LogP contribution is 2.33. The number of anilines is 1. The number of aliphatic carboxylic acids is 1. The topological polar surface area (TPSA) is 122 Å². The zero-order chi connectivity index (χ0) is 24.6. The van der Waals surface area contributed by atoms with Crippen molar-refractivity contribution in [2.75, 3.05) is 11.9 Å². The first-order valence-corrected chi connectivity index (χ1v) is 10.4. The van der Waals surface area contributed by atoms with Crippen molar-refractivity contribution in [2.24, 2.45) is 0 Å². The van der Waals surface area contributed by atoms with Gasteiger partial charge in [0.1, 0.15) is 18.1 Å². The van der Waals surface area contributed by atoms with Crippen molar-refractivity contribution in [3.05, 3.63) is 82.1 Å². The minimum Gasteiger partial charge on any atom is -0.480 e. The standard InChI is InChI=1S/C24H17ClFN3O5/c1-12-3-2-4-17(25)21(12)23(32)29-19-10-14(27-11-20(30)31)6-8-16(19)22(28-29)15-7-5-13(24(33)34)9-18(15)26/h2-10,27H,11H2,1H3,(H,30,31)(H,33,34). The SMILES string of the molecule is Cc1cccc(Cl)c1C(=O)n1nc(-c2ccc(C(=O)O)cc2F)c2ccc(NCC(=O)O)cc21. The number of hydrogen-bond donors (Lipinski definition) is 3. The summed E-state index contributed by atoms with van der Waals surface area (Å²) in [6.07, 6.45) is 0. The fraction of sp³-hybridized carbons (Fsp3) is 0.0833. The molecule has 0 aliphatic rings. The largest absolute Gasteiger partial charge is 0.480 e. The van der Waals surface area contributed by atoms with E-state index >= 15 is 0 Å². The Kier molecular flexibility index (Phi) is 6.04. The van der Waals surface area contributed by atoms with Gasteiger partial charge in [-0.2, -0.15) is 9.78 Å². The number of aromatic carboxylic acids is 1. The van der Waals surface area contributed by atoms with E-state index in [2.05, 4.69) is 10.4 Å². The first-order valence-electron chi connectivity index (χ1n) is 9.99. The number of nitrogens with one attached hydrogen (secondary N) is 1. The molecule has 0 fully saturated rings. The number of carboxylic acid groups (broad SMARTS) is 2. The highest BCUT2D eigenvalue weighted by molar-refractivity contribution is 6.34. The minimum absolute atomic E-state index is 0.00340. The third-order valence-electron chi connectivity index (χ3n) is 5.22. The maximum Gasteiger partial charge on any atom is 0.335 e. The van der Waals surface area contributed by atoms with E-state index in [9.17, 15) is 18.8 Å². The number of carbonyl (C=O) groups is 3. The van der Waals surface area contributed by atoms with Crippen molar-refractivity contribution in [3.63, 3.8) is 0 Å². The van der Waals surface area contributed by atoms with Crippen LogP contribution in [0.15, 0.2) is 54.6 Å². The Morgan fingerprint density at radius 2 is 1.85 bits per heavy atom. The molecule has 0 bridgehead atoms. The number of fused-ring (bicyclic) bond motifs is 1. The molecule has 0 aliphatic carbocycles. The molecule has 172 valence electrons. The second-order valence-corrected chi connectivity index (χ2v) is 7.88. The molecule has 0 atom stereocenters. The van der Waals surface area contributed by atoms with Crippen LogP contribution in [-0.2, 0) is 4.79 Å². The predicted molar refractivity (Wildman–Crippen MR) is 124 cm³/mol. The lowest BCUT2D eigenvalue weighted by Crippen LogP contribution is -2.16. The van der Waals surface area contributed by atoms with Gasteiger partial charge in [-0.3, -0.25) is 9.59 Å². The molecule has 0 spiro atoms. The Morgan fingerprint density at radius 3 is 2.50 bits per heavy atom. The van der Waals surface area contributed by atoms with E-state index < -0.39 is 23.7 Å². The number of aryl methyl sites for hydroxylation is 1. The lowest BCUT2D eigenvalue weighted by atomic mass is 10.0. The maximum atomic E-state index is 14.9. The average Bonchev–Trinajstić information content (AvgIpc) is 3.16. The Bertz CT molecular complexity index is 1460. The molecule has 0 aliphatic heterocycles. The van der Waals surface area contributed by atoms with Gasteiger partial charge in [0.2, 0.25) is 0 Å². The van der Waals surface area contributed by atoms with Gasteiger partial charge >= 0.3 is 11.9 Å². The summed E-state index contributed by atoms with van der Waals surface area (Å²) in [6, 6.07) is 13.1. The van der Waals surface area contributed by atoms with E-state index in [4.69, 9.17) is 21.8 Å². The predicted octanol–water partition coefficient (Wildman–Crippen LogP) is 4.69. The molecule has 0 saturated heterocycles. The van der Waals surface area contributed by atoms with Crippen LogP contribution < -0.4 is 5.32 Å². The van der Waals surface area contributed by atoms with E-state index in [1.165, 1.54) is 18.2 Å². The summed E-state index contributed by atoms with van der Waals surface area (Å²) in [5.41, 5.74) is 1.42. The van der Waals surface area contributed by atoms with E-state index in [-0.39, 0.29) is 39.5 Å². The van der Waals surface area contributed by atoms with Gasteiger partial charge in [-0.1, -0.05) is 23.7 Å². The van der Waals surface area contributed by atoms with Crippen molar-refractivity contribution in [1.82, 2.24) is 9.78 Å². The fourth-order valence-electron chi connectivity index (χ4n) is 3.61. The first-order chi connectivity index (χ1) is 16.2. The number of nitrogens with zero attached hydrogens (tertiary/aromatic N) is 2. The molecular formula is C24H17ClFN3O5. The summed E-state index contributed by atoms with van der Waals surface area (Å²) in [5.74, 6) is -3.73. The quantitative estimate of drug-likeness (QED) is 0.365. The zero-order valence-corrected chi connectivity index (χ0v) is 18.4. The van der Waals surface area contributed by atoms with Crippen molar-refractivity contribution in [3.8, 4) is 11.3 Å². The van der Waals surface area contributed by atoms with Gasteiger partial charge in [-0.15, -0.1) is 0 Å². The molecule has 0 unspecified atom stereocenters.